The molecule has 1 saturated heterocycles. The van der Waals surface area contributed by atoms with E-state index in [-0.39, 0.29) is 29.9 Å². The van der Waals surface area contributed by atoms with Crippen LogP contribution in [0.5, 0.6) is 17.2 Å². The predicted octanol–water partition coefficient (Wildman–Crippen LogP) is 7.00. The second-order valence-electron chi connectivity index (χ2n) is 11.4. The number of nitrogens with zero attached hydrogens (tertiary/aromatic N) is 1. The summed E-state index contributed by atoms with van der Waals surface area (Å²) in [7, 11) is 1.58. The number of fused-ring (bicyclic) bond motifs is 1. The maximum atomic E-state index is 14.0. The van der Waals surface area contributed by atoms with Gasteiger partial charge in [-0.05, 0) is 81.5 Å². The smallest absolute Gasteiger partial charge is 0.314 e. The zero-order valence-electron chi connectivity index (χ0n) is 24.2. The number of esters is 1. The molecule has 216 valence electrons. The van der Waals surface area contributed by atoms with Crippen molar-refractivity contribution >= 4 is 17.2 Å². The summed E-state index contributed by atoms with van der Waals surface area (Å²) >= 11 is 0. The molecule has 0 saturated carbocycles. The van der Waals surface area contributed by atoms with Crippen molar-refractivity contribution in [1.29, 1.82) is 0 Å². The van der Waals surface area contributed by atoms with Crippen molar-refractivity contribution in [3.8, 4) is 28.4 Å². The van der Waals surface area contributed by atoms with Crippen LogP contribution < -0.4 is 19.5 Å². The fraction of sp³-hybridized carbons (Fsp3) is 0.364. The van der Waals surface area contributed by atoms with Crippen molar-refractivity contribution in [2.75, 3.05) is 25.5 Å². The number of benzene rings is 3. The van der Waals surface area contributed by atoms with Gasteiger partial charge in [0.15, 0.2) is 0 Å². The Hall–Kier alpha value is -3.88. The van der Waals surface area contributed by atoms with Gasteiger partial charge in [-0.2, -0.15) is 5.06 Å². The lowest BCUT2D eigenvalue weighted by Crippen LogP contribution is -2.35. The highest BCUT2D eigenvalue weighted by atomic mass is 19.1. The Bertz CT molecular complexity index is 1490. The number of carbonyl (C=O) groups excluding carboxylic acids is 1. The number of carbonyl (C=O) groups is 1. The number of allylic oxidation sites excluding steroid dienone is 1. The van der Waals surface area contributed by atoms with E-state index < -0.39 is 0 Å². The number of ether oxygens (including phenoxy) is 3. The van der Waals surface area contributed by atoms with E-state index >= 15 is 0 Å². The maximum absolute atomic E-state index is 14.0. The fourth-order valence-corrected chi connectivity index (χ4v) is 5.74. The van der Waals surface area contributed by atoms with Gasteiger partial charge in [0.05, 0.1) is 18.6 Å². The third-order valence-corrected chi connectivity index (χ3v) is 7.75. The highest BCUT2D eigenvalue weighted by Crippen LogP contribution is 2.43. The number of hydrogen-bond donors (Lipinski definition) is 2. The highest BCUT2D eigenvalue weighted by Gasteiger charge is 2.28. The Morgan fingerprint density at radius 1 is 1.05 bits per heavy atom. The number of nitrogens with one attached hydrogen (secondary N) is 1. The molecular formula is C33H37FN2O5. The lowest BCUT2D eigenvalue weighted by molar-refractivity contribution is -0.148. The summed E-state index contributed by atoms with van der Waals surface area (Å²) in [5, 5.41) is 14.4. The van der Waals surface area contributed by atoms with Crippen molar-refractivity contribution in [1.82, 2.24) is 5.06 Å². The third-order valence-electron chi connectivity index (χ3n) is 7.75. The molecule has 3 aromatic carbocycles. The van der Waals surface area contributed by atoms with Gasteiger partial charge in [0.1, 0.15) is 29.7 Å². The molecule has 5 rings (SSSR count). The SMILES string of the molecule is COc1cc(OC(=O)C2CCN(O)CC2)ccc1-c1ccc2c(c1COc1cc(F)ccc1C)C(C)=CC(C)(C)N2. The quantitative estimate of drug-likeness (QED) is 0.238. The zero-order valence-corrected chi connectivity index (χ0v) is 24.2. The highest BCUT2D eigenvalue weighted by molar-refractivity contribution is 5.88. The van der Waals surface area contributed by atoms with Crippen LogP contribution in [0.3, 0.4) is 0 Å². The predicted molar refractivity (Wildman–Crippen MR) is 157 cm³/mol. The maximum Gasteiger partial charge on any atom is 0.314 e. The molecule has 0 aliphatic carbocycles. The number of methoxy groups -OCH3 is 1. The molecule has 0 radical (unpaired) electrons. The number of aryl methyl sites for hydroxylation is 1. The minimum atomic E-state index is -0.353. The minimum absolute atomic E-state index is 0.208. The molecule has 7 nitrogen and oxygen atoms in total. The van der Waals surface area contributed by atoms with Gasteiger partial charge < -0.3 is 24.7 Å². The van der Waals surface area contributed by atoms with E-state index in [0.717, 1.165) is 39.1 Å². The lowest BCUT2D eigenvalue weighted by atomic mass is 9.85. The fourth-order valence-electron chi connectivity index (χ4n) is 5.74. The Morgan fingerprint density at radius 3 is 2.51 bits per heavy atom. The summed E-state index contributed by atoms with van der Waals surface area (Å²) in [6.07, 6.45) is 3.29. The van der Waals surface area contributed by atoms with E-state index in [1.165, 1.54) is 17.2 Å². The molecule has 0 aromatic heterocycles. The van der Waals surface area contributed by atoms with Crippen molar-refractivity contribution in [2.45, 2.75) is 52.7 Å². The third kappa shape index (κ3) is 6.24. The zero-order chi connectivity index (χ0) is 29.3. The van der Waals surface area contributed by atoms with Crippen LogP contribution >= 0.6 is 0 Å². The van der Waals surface area contributed by atoms with Crippen LogP contribution in [0.1, 0.15) is 50.3 Å². The standard InChI is InChI=1S/C33H37FN2O5/c1-20-6-7-23(34)16-29(20)40-19-27-25(10-11-28-31(27)21(2)18-33(3,4)35-28)26-9-8-24(17-30(26)39-5)41-32(37)22-12-14-36(38)15-13-22/h6-11,16-18,22,35,38H,12-15,19H2,1-5H3. The van der Waals surface area contributed by atoms with Crippen molar-refractivity contribution in [3.05, 3.63) is 77.1 Å². The van der Waals surface area contributed by atoms with Gasteiger partial charge in [0.25, 0.3) is 0 Å². The lowest BCUT2D eigenvalue weighted by Gasteiger charge is -2.33. The average molecular weight is 561 g/mol. The first-order valence-corrected chi connectivity index (χ1v) is 13.9. The van der Waals surface area contributed by atoms with Gasteiger partial charge in [-0.3, -0.25) is 4.79 Å². The normalized spacial score (nSPS) is 16.8. The van der Waals surface area contributed by atoms with E-state index in [9.17, 15) is 14.4 Å². The van der Waals surface area contributed by atoms with E-state index in [2.05, 4.69) is 38.2 Å². The first kappa shape index (κ1) is 28.6. The molecular weight excluding hydrogens is 523 g/mol. The van der Waals surface area contributed by atoms with Crippen LogP contribution in [-0.4, -0.2) is 42.0 Å². The molecule has 1 fully saturated rings. The van der Waals surface area contributed by atoms with Gasteiger partial charge in [0.2, 0.25) is 0 Å². The molecule has 0 atom stereocenters. The molecule has 3 aromatic rings. The van der Waals surface area contributed by atoms with Crippen LogP contribution in [0, 0.1) is 18.7 Å². The molecule has 41 heavy (non-hydrogen) atoms. The molecule has 0 unspecified atom stereocenters. The number of piperidine rings is 1. The summed E-state index contributed by atoms with van der Waals surface area (Å²) in [5.74, 6) is 0.513. The Balaban J connectivity index is 1.51. The summed E-state index contributed by atoms with van der Waals surface area (Å²) in [6.45, 7) is 9.32. The number of rotatable bonds is 7. The van der Waals surface area contributed by atoms with E-state index in [4.69, 9.17) is 14.2 Å². The first-order valence-electron chi connectivity index (χ1n) is 13.9. The molecule has 2 aliphatic rings. The summed E-state index contributed by atoms with van der Waals surface area (Å²) in [6, 6.07) is 14.0. The Labute approximate surface area is 240 Å². The van der Waals surface area contributed by atoms with Crippen molar-refractivity contribution in [2.24, 2.45) is 5.92 Å². The van der Waals surface area contributed by atoms with Gasteiger partial charge in [0, 0.05) is 47.6 Å². The Kier molecular flexibility index (Phi) is 8.07. The van der Waals surface area contributed by atoms with E-state index in [0.29, 0.717) is 43.2 Å². The first-order chi connectivity index (χ1) is 19.5. The number of hydrogen-bond acceptors (Lipinski definition) is 7. The molecule has 8 heteroatoms. The molecule has 0 amide bonds. The minimum Gasteiger partial charge on any atom is -0.496 e. The van der Waals surface area contributed by atoms with Crippen LogP contribution in [0.2, 0.25) is 0 Å². The largest absolute Gasteiger partial charge is 0.496 e. The van der Waals surface area contributed by atoms with Crippen LogP contribution in [-0.2, 0) is 11.4 Å². The number of hydroxylamine groups is 2. The molecule has 2 aliphatic heterocycles. The molecule has 0 bridgehead atoms. The second-order valence-corrected chi connectivity index (χ2v) is 11.4. The van der Waals surface area contributed by atoms with Gasteiger partial charge in [-0.15, -0.1) is 0 Å². The van der Waals surface area contributed by atoms with Crippen LogP contribution in [0.15, 0.2) is 54.6 Å². The van der Waals surface area contributed by atoms with E-state index in [1.807, 2.05) is 19.1 Å². The van der Waals surface area contributed by atoms with Crippen LogP contribution in [0.4, 0.5) is 10.1 Å². The topological polar surface area (TPSA) is 80.3 Å². The van der Waals surface area contributed by atoms with Crippen molar-refractivity contribution < 1.29 is 28.6 Å². The van der Waals surface area contributed by atoms with Crippen molar-refractivity contribution in [3.63, 3.8) is 0 Å². The average Bonchev–Trinajstić information content (AvgIpc) is 2.93. The van der Waals surface area contributed by atoms with E-state index in [1.54, 1.807) is 25.3 Å². The summed E-state index contributed by atoms with van der Waals surface area (Å²) in [5.41, 5.74) is 6.41. The number of anilines is 1. The molecule has 0 spiro atoms. The molecule has 2 heterocycles. The van der Waals surface area contributed by atoms with Crippen LogP contribution in [0.25, 0.3) is 16.7 Å². The second kappa shape index (κ2) is 11.5. The number of halogens is 1. The summed E-state index contributed by atoms with van der Waals surface area (Å²) < 4.78 is 31.8. The monoisotopic (exact) mass is 560 g/mol. The molecule has 2 N–H and O–H groups in total. The van der Waals surface area contributed by atoms with Gasteiger partial charge in [-0.1, -0.05) is 18.2 Å². The Morgan fingerprint density at radius 2 is 1.78 bits per heavy atom. The summed E-state index contributed by atoms with van der Waals surface area (Å²) in [4.78, 5) is 12.8. The van der Waals surface area contributed by atoms with Gasteiger partial charge in [-0.25, -0.2) is 4.39 Å². The van der Waals surface area contributed by atoms with Gasteiger partial charge >= 0.3 is 5.97 Å².